The van der Waals surface area contributed by atoms with E-state index in [1.165, 1.54) is 6.21 Å². The predicted octanol–water partition coefficient (Wildman–Crippen LogP) is 3.25. The first-order valence-electron chi connectivity index (χ1n) is 11.2. The highest BCUT2D eigenvalue weighted by molar-refractivity contribution is 7.89. The summed E-state index contributed by atoms with van der Waals surface area (Å²) in [5.74, 6) is 1.78. The molecular formula is C26H24F3N5O5S. The number of carboxylic acid groups (broad SMARTS) is 1. The molecule has 0 spiro atoms. The van der Waals surface area contributed by atoms with Crippen molar-refractivity contribution >= 4 is 33.8 Å². The van der Waals surface area contributed by atoms with Crippen molar-refractivity contribution in [2.45, 2.75) is 18.6 Å². The number of nitrogens with one attached hydrogen (secondary N) is 2. The molecule has 0 aliphatic rings. The first-order chi connectivity index (χ1) is 18.7. The quantitative estimate of drug-likeness (QED) is 0.180. The number of alkyl halides is 3. The summed E-state index contributed by atoms with van der Waals surface area (Å²) in [4.78, 5) is 21.6. The van der Waals surface area contributed by atoms with E-state index in [0.717, 1.165) is 28.5 Å². The third-order valence-corrected chi connectivity index (χ3v) is 5.62. The minimum atomic E-state index is -5.08. The molecule has 3 aromatic carbocycles. The van der Waals surface area contributed by atoms with Crippen molar-refractivity contribution in [3.8, 4) is 17.2 Å². The topological polar surface area (TPSA) is 175 Å². The highest BCUT2D eigenvalue weighted by Gasteiger charge is 2.38. The molecule has 0 radical (unpaired) electrons. The molecule has 3 rings (SSSR count). The predicted molar refractivity (Wildman–Crippen MR) is 143 cm³/mol. The van der Waals surface area contributed by atoms with Gasteiger partial charge in [-0.05, 0) is 40.5 Å². The monoisotopic (exact) mass is 575 g/mol. The third-order valence-electron chi connectivity index (χ3n) is 5.04. The lowest BCUT2D eigenvalue weighted by molar-refractivity contribution is -0.192. The fraction of sp³-hybridized carbons (Fsp3) is 0.154. The number of nitrogens with zero attached hydrogens (tertiary/aromatic N) is 2. The van der Waals surface area contributed by atoms with E-state index in [-0.39, 0.29) is 6.42 Å². The Morgan fingerprint density at radius 2 is 1.73 bits per heavy atom. The molecule has 40 heavy (non-hydrogen) atoms. The summed E-state index contributed by atoms with van der Waals surface area (Å²) in [5.41, 5.74) is 4.40. The Bertz CT molecular complexity index is 1520. The van der Waals surface area contributed by atoms with Gasteiger partial charge >= 0.3 is 12.1 Å². The van der Waals surface area contributed by atoms with Gasteiger partial charge < -0.3 is 16.3 Å². The van der Waals surface area contributed by atoms with E-state index in [0.29, 0.717) is 11.3 Å². The average Bonchev–Trinajstić information content (AvgIpc) is 2.88. The Balaban J connectivity index is 0.000000708. The molecule has 0 aromatic heterocycles. The van der Waals surface area contributed by atoms with Crippen LogP contribution in [0.3, 0.4) is 0 Å². The van der Waals surface area contributed by atoms with Crippen LogP contribution in [0.25, 0.3) is 11.1 Å². The van der Waals surface area contributed by atoms with E-state index in [9.17, 15) is 31.6 Å². The summed E-state index contributed by atoms with van der Waals surface area (Å²) < 4.78 is 57.0. The van der Waals surface area contributed by atoms with Gasteiger partial charge in [-0.15, -0.1) is 0 Å². The molecule has 0 saturated heterocycles. The van der Waals surface area contributed by atoms with E-state index in [1.54, 1.807) is 30.3 Å². The minimum Gasteiger partial charge on any atom is -0.475 e. The van der Waals surface area contributed by atoms with E-state index in [1.807, 2.05) is 47.2 Å². The number of hydrazone groups is 1. The lowest BCUT2D eigenvalue weighted by atomic mass is 10.00. The standard InChI is InChI=1S/C24H23N5O3S.C2HF3O2/c1-33(31,32)29-24(30)23(14-17-5-4-6-18(13-17)16-27-26)28-21-11-9-19(10-12-21)22-8-3-2-7-20(22)15-25;3-2(4,5)1(6)7/h2-13,16,23,28H,14,26H2,1H3,(H,29,30);(H,6,7)/t23-;/m0./s1. The molecule has 0 saturated carbocycles. The molecule has 5 N–H and O–H groups in total. The number of carbonyl (C=O) groups excluding carboxylic acids is 1. The van der Waals surface area contributed by atoms with E-state index < -0.39 is 34.1 Å². The Morgan fingerprint density at radius 1 is 1.10 bits per heavy atom. The Morgan fingerprint density at radius 3 is 2.27 bits per heavy atom. The van der Waals surface area contributed by atoms with Crippen molar-refractivity contribution in [3.05, 3.63) is 89.5 Å². The largest absolute Gasteiger partial charge is 0.490 e. The number of carboxylic acids is 1. The van der Waals surface area contributed by atoms with Crippen LogP contribution >= 0.6 is 0 Å². The summed E-state index contributed by atoms with van der Waals surface area (Å²) >= 11 is 0. The van der Waals surface area contributed by atoms with Crippen LogP contribution < -0.4 is 15.9 Å². The summed E-state index contributed by atoms with van der Waals surface area (Å²) in [6.45, 7) is 0. The number of rotatable bonds is 8. The van der Waals surface area contributed by atoms with Gasteiger partial charge in [-0.3, -0.25) is 9.52 Å². The van der Waals surface area contributed by atoms with Crippen LogP contribution in [0.5, 0.6) is 0 Å². The Hall–Kier alpha value is -4.90. The van der Waals surface area contributed by atoms with Crippen LogP contribution in [0.1, 0.15) is 16.7 Å². The number of hydrogen-bond acceptors (Lipinski definition) is 8. The summed E-state index contributed by atoms with van der Waals surface area (Å²) in [5, 5.41) is 23.1. The van der Waals surface area contributed by atoms with Crippen molar-refractivity contribution in [2.24, 2.45) is 10.9 Å². The van der Waals surface area contributed by atoms with Crippen LogP contribution in [0.4, 0.5) is 18.9 Å². The maximum atomic E-state index is 12.7. The molecule has 0 unspecified atom stereocenters. The molecule has 0 heterocycles. The van der Waals surface area contributed by atoms with Gasteiger partial charge in [0.2, 0.25) is 10.0 Å². The molecule has 0 bridgehead atoms. The maximum absolute atomic E-state index is 12.7. The van der Waals surface area contributed by atoms with Gasteiger partial charge in [0.25, 0.3) is 5.91 Å². The van der Waals surface area contributed by atoms with Crippen LogP contribution in [0.2, 0.25) is 0 Å². The number of halogens is 3. The van der Waals surface area contributed by atoms with Gasteiger partial charge in [0.15, 0.2) is 0 Å². The highest BCUT2D eigenvalue weighted by atomic mass is 32.2. The number of sulfonamides is 1. The number of nitriles is 1. The van der Waals surface area contributed by atoms with Crippen molar-refractivity contribution in [3.63, 3.8) is 0 Å². The molecule has 10 nitrogen and oxygen atoms in total. The fourth-order valence-electron chi connectivity index (χ4n) is 3.36. The van der Waals surface area contributed by atoms with Gasteiger partial charge in [0, 0.05) is 12.1 Å². The molecule has 14 heteroatoms. The third kappa shape index (κ3) is 10.1. The number of amides is 1. The zero-order valence-corrected chi connectivity index (χ0v) is 21.7. The van der Waals surface area contributed by atoms with Gasteiger partial charge in [-0.25, -0.2) is 13.2 Å². The number of anilines is 1. The van der Waals surface area contributed by atoms with Crippen molar-refractivity contribution < 1.29 is 36.3 Å². The van der Waals surface area contributed by atoms with Gasteiger partial charge in [0.05, 0.1) is 24.1 Å². The number of benzene rings is 3. The Kier molecular flexibility index (Phi) is 10.8. The maximum Gasteiger partial charge on any atom is 0.490 e. The molecule has 0 aliphatic carbocycles. The number of carbonyl (C=O) groups is 2. The first kappa shape index (κ1) is 31.3. The smallest absolute Gasteiger partial charge is 0.475 e. The molecule has 0 fully saturated rings. The first-order valence-corrected chi connectivity index (χ1v) is 13.1. The van der Waals surface area contributed by atoms with Gasteiger partial charge in [-0.2, -0.15) is 23.5 Å². The van der Waals surface area contributed by atoms with Crippen LogP contribution in [0.15, 0.2) is 77.9 Å². The van der Waals surface area contributed by atoms with Crippen LogP contribution in [-0.2, 0) is 26.0 Å². The van der Waals surface area contributed by atoms with Gasteiger partial charge in [-0.1, -0.05) is 54.6 Å². The SMILES string of the molecule is CS(=O)(=O)NC(=O)[C@H](Cc1cccc(C=NN)c1)Nc1ccc(-c2ccccc2C#N)cc1.O=C(O)C(F)(F)F. The second-order valence-corrected chi connectivity index (χ2v) is 9.95. The average molecular weight is 576 g/mol. The van der Waals surface area contributed by atoms with Crippen molar-refractivity contribution in [2.75, 3.05) is 11.6 Å². The number of aliphatic carboxylic acids is 1. The normalized spacial score (nSPS) is 12.0. The minimum absolute atomic E-state index is 0.229. The fourth-order valence-corrected chi connectivity index (χ4v) is 3.87. The van der Waals surface area contributed by atoms with Crippen LogP contribution in [-0.4, -0.2) is 50.1 Å². The van der Waals surface area contributed by atoms with E-state index in [4.69, 9.17) is 15.7 Å². The van der Waals surface area contributed by atoms with Crippen molar-refractivity contribution in [1.29, 1.82) is 5.26 Å². The van der Waals surface area contributed by atoms with Gasteiger partial charge in [0.1, 0.15) is 6.04 Å². The highest BCUT2D eigenvalue weighted by Crippen LogP contribution is 2.25. The van der Waals surface area contributed by atoms with E-state index in [2.05, 4.69) is 16.5 Å². The zero-order chi connectivity index (χ0) is 29.9. The second kappa shape index (κ2) is 13.8. The molecular weight excluding hydrogens is 551 g/mol. The molecule has 1 amide bonds. The van der Waals surface area contributed by atoms with Crippen LogP contribution in [0, 0.1) is 11.3 Å². The zero-order valence-electron chi connectivity index (χ0n) is 20.9. The second-order valence-electron chi connectivity index (χ2n) is 8.20. The Labute approximate surface area is 228 Å². The molecule has 0 aliphatic heterocycles. The molecule has 3 aromatic rings. The lowest BCUT2D eigenvalue weighted by Crippen LogP contribution is -2.43. The van der Waals surface area contributed by atoms with E-state index >= 15 is 0 Å². The summed E-state index contributed by atoms with van der Waals surface area (Å²) in [7, 11) is -3.73. The van der Waals surface area contributed by atoms with Crippen molar-refractivity contribution in [1.82, 2.24) is 4.72 Å². The molecule has 1 atom stereocenters. The number of nitrogens with two attached hydrogens (primary N) is 1. The molecule has 210 valence electrons. The summed E-state index contributed by atoms with van der Waals surface area (Å²) in [6.07, 6.45) is -2.44. The summed E-state index contributed by atoms with van der Waals surface area (Å²) in [6, 6.07) is 23.1. The number of hydrogen-bond donors (Lipinski definition) is 4. The lowest BCUT2D eigenvalue weighted by Gasteiger charge is -2.20.